The quantitative estimate of drug-likeness (QED) is 0.880. The number of rotatable bonds is 5. The monoisotopic (exact) mass is 329 g/mol. The van der Waals surface area contributed by atoms with E-state index in [9.17, 15) is 18.3 Å². The maximum atomic E-state index is 12.7. The fourth-order valence-corrected chi connectivity index (χ4v) is 2.69. The van der Waals surface area contributed by atoms with E-state index in [1.165, 1.54) is 23.7 Å². The maximum absolute atomic E-state index is 12.7. The highest BCUT2D eigenvalue weighted by molar-refractivity contribution is 7.09. The van der Waals surface area contributed by atoms with Crippen molar-refractivity contribution in [3.8, 4) is 0 Å². The number of hydrogen-bond donors (Lipinski definition) is 2. The second-order valence-electron chi connectivity index (χ2n) is 5.25. The Labute approximate surface area is 129 Å². The molecule has 0 bridgehead atoms. The molecular weight excluding hydrogens is 315 g/mol. The number of aliphatic hydroxyl groups is 1. The number of hydrogen-bond acceptors (Lipinski definition) is 5. The summed E-state index contributed by atoms with van der Waals surface area (Å²) in [5.41, 5.74) is -0.551. The largest absolute Gasteiger partial charge is 0.416 e. The van der Waals surface area contributed by atoms with Crippen molar-refractivity contribution in [1.29, 1.82) is 0 Å². The minimum absolute atomic E-state index is 0.0839. The Morgan fingerprint density at radius 2 is 2.14 bits per heavy atom. The van der Waals surface area contributed by atoms with Crippen LogP contribution >= 0.6 is 11.5 Å². The van der Waals surface area contributed by atoms with Crippen molar-refractivity contribution in [2.45, 2.75) is 31.0 Å². The summed E-state index contributed by atoms with van der Waals surface area (Å²) in [5, 5.41) is 13.5. The third-order valence-electron chi connectivity index (χ3n) is 3.43. The molecular formula is C14H14F3N3OS. The number of aromatic nitrogens is 2. The standard InChI is InChI=1S/C14H14F3N3OS/c15-14(16,17)10-3-1-2-9(6-10)11(21)7-18-13-19-12(20-22-13)8-4-5-8/h1-3,6,8,11,21H,4-5,7H2,(H,18,19,20)/t11-/m1/s1. The third kappa shape index (κ3) is 3.56. The van der Waals surface area contributed by atoms with Crippen LogP contribution in [0.4, 0.5) is 18.3 Å². The van der Waals surface area contributed by atoms with Crippen molar-refractivity contribution in [2.24, 2.45) is 0 Å². The number of aliphatic hydroxyl groups excluding tert-OH is 1. The van der Waals surface area contributed by atoms with Crippen LogP contribution in [0.5, 0.6) is 0 Å². The Balaban J connectivity index is 1.62. The van der Waals surface area contributed by atoms with Gasteiger partial charge in [-0.25, -0.2) is 4.98 Å². The molecule has 2 N–H and O–H groups in total. The average Bonchev–Trinajstić information content (AvgIpc) is 3.23. The third-order valence-corrected chi connectivity index (χ3v) is 4.12. The maximum Gasteiger partial charge on any atom is 0.416 e. The van der Waals surface area contributed by atoms with E-state index in [0.29, 0.717) is 11.0 Å². The highest BCUT2D eigenvalue weighted by Crippen LogP contribution is 2.39. The van der Waals surface area contributed by atoms with E-state index in [1.807, 2.05) is 0 Å². The Hall–Kier alpha value is -1.67. The molecule has 0 unspecified atom stereocenters. The summed E-state index contributed by atoms with van der Waals surface area (Å²) in [7, 11) is 0. The molecule has 3 rings (SSSR count). The zero-order chi connectivity index (χ0) is 15.7. The van der Waals surface area contributed by atoms with E-state index in [0.717, 1.165) is 30.8 Å². The molecule has 1 saturated carbocycles. The average molecular weight is 329 g/mol. The van der Waals surface area contributed by atoms with Crippen LogP contribution in [0.25, 0.3) is 0 Å². The first-order valence-corrected chi connectivity index (χ1v) is 7.63. The molecule has 0 radical (unpaired) electrons. The molecule has 0 amide bonds. The summed E-state index contributed by atoms with van der Waals surface area (Å²) in [6.07, 6.45) is -3.26. The minimum Gasteiger partial charge on any atom is -0.387 e. The predicted molar refractivity (Wildman–Crippen MR) is 76.8 cm³/mol. The molecule has 0 spiro atoms. The Morgan fingerprint density at radius 3 is 2.82 bits per heavy atom. The molecule has 1 fully saturated rings. The van der Waals surface area contributed by atoms with E-state index in [1.54, 1.807) is 0 Å². The lowest BCUT2D eigenvalue weighted by molar-refractivity contribution is -0.137. The van der Waals surface area contributed by atoms with Crippen LogP contribution in [-0.2, 0) is 6.18 Å². The van der Waals surface area contributed by atoms with Gasteiger partial charge in [-0.1, -0.05) is 12.1 Å². The molecule has 118 valence electrons. The molecule has 0 aliphatic heterocycles. The number of benzene rings is 1. The van der Waals surface area contributed by atoms with Crippen molar-refractivity contribution >= 4 is 16.7 Å². The van der Waals surface area contributed by atoms with E-state index in [-0.39, 0.29) is 12.1 Å². The molecule has 1 aliphatic carbocycles. The molecule has 1 aliphatic rings. The van der Waals surface area contributed by atoms with Gasteiger partial charge in [-0.2, -0.15) is 17.5 Å². The van der Waals surface area contributed by atoms with Gasteiger partial charge in [0.1, 0.15) is 5.82 Å². The smallest absolute Gasteiger partial charge is 0.387 e. The van der Waals surface area contributed by atoms with E-state index in [2.05, 4.69) is 14.7 Å². The summed E-state index contributed by atoms with van der Waals surface area (Å²) >= 11 is 1.20. The van der Waals surface area contributed by atoms with Crippen LogP contribution < -0.4 is 5.32 Å². The van der Waals surface area contributed by atoms with Crippen LogP contribution in [0.3, 0.4) is 0 Å². The molecule has 22 heavy (non-hydrogen) atoms. The van der Waals surface area contributed by atoms with Gasteiger partial charge in [0.25, 0.3) is 0 Å². The van der Waals surface area contributed by atoms with Gasteiger partial charge in [-0.15, -0.1) is 0 Å². The normalized spacial score (nSPS) is 16.5. The van der Waals surface area contributed by atoms with Crippen molar-refractivity contribution in [2.75, 3.05) is 11.9 Å². The molecule has 1 heterocycles. The van der Waals surface area contributed by atoms with Crippen LogP contribution in [0, 0.1) is 0 Å². The van der Waals surface area contributed by atoms with Crippen molar-refractivity contribution < 1.29 is 18.3 Å². The lowest BCUT2D eigenvalue weighted by Crippen LogP contribution is -2.13. The zero-order valence-corrected chi connectivity index (χ0v) is 12.3. The zero-order valence-electron chi connectivity index (χ0n) is 11.5. The number of halogens is 3. The SMILES string of the molecule is O[C@H](CNc1nc(C2CC2)ns1)c1cccc(C(F)(F)F)c1. The van der Waals surface area contributed by atoms with Gasteiger partial charge in [0.15, 0.2) is 0 Å². The van der Waals surface area contributed by atoms with Gasteiger partial charge >= 0.3 is 6.18 Å². The van der Waals surface area contributed by atoms with Gasteiger partial charge in [-0.3, -0.25) is 0 Å². The van der Waals surface area contributed by atoms with Crippen LogP contribution in [0.2, 0.25) is 0 Å². The first-order valence-electron chi connectivity index (χ1n) is 6.86. The molecule has 1 atom stereocenters. The summed E-state index contributed by atoms with van der Waals surface area (Å²) < 4.78 is 42.2. The molecule has 2 aromatic rings. The first-order chi connectivity index (χ1) is 10.4. The number of anilines is 1. The van der Waals surface area contributed by atoms with E-state index >= 15 is 0 Å². The van der Waals surface area contributed by atoms with E-state index in [4.69, 9.17) is 0 Å². The van der Waals surface area contributed by atoms with Crippen molar-refractivity contribution in [3.05, 3.63) is 41.2 Å². The first kappa shape index (κ1) is 15.2. The lowest BCUT2D eigenvalue weighted by atomic mass is 10.1. The summed E-state index contributed by atoms with van der Waals surface area (Å²) in [5.74, 6) is 1.25. The van der Waals surface area contributed by atoms with Crippen LogP contribution in [-0.4, -0.2) is 21.0 Å². The molecule has 0 saturated heterocycles. The Morgan fingerprint density at radius 1 is 1.36 bits per heavy atom. The number of nitrogens with zero attached hydrogens (tertiary/aromatic N) is 2. The fourth-order valence-electron chi connectivity index (χ4n) is 2.04. The number of alkyl halides is 3. The van der Waals surface area contributed by atoms with Gasteiger partial charge < -0.3 is 10.4 Å². The van der Waals surface area contributed by atoms with Gasteiger partial charge in [0.2, 0.25) is 5.13 Å². The summed E-state index contributed by atoms with van der Waals surface area (Å²) in [6, 6.07) is 4.70. The molecule has 4 nitrogen and oxygen atoms in total. The minimum atomic E-state index is -4.42. The highest BCUT2D eigenvalue weighted by Gasteiger charge is 2.31. The lowest BCUT2D eigenvalue weighted by Gasteiger charge is -2.14. The van der Waals surface area contributed by atoms with E-state index < -0.39 is 17.8 Å². The summed E-state index contributed by atoms with van der Waals surface area (Å²) in [6.45, 7) is 0.0839. The molecule has 1 aromatic carbocycles. The van der Waals surface area contributed by atoms with Crippen LogP contribution in [0.1, 0.15) is 41.8 Å². The highest BCUT2D eigenvalue weighted by atomic mass is 32.1. The molecule has 1 aromatic heterocycles. The predicted octanol–water partition coefficient (Wildman–Crippen LogP) is 3.58. The Kier molecular flexibility index (Phi) is 4.05. The second kappa shape index (κ2) is 5.85. The molecule has 8 heteroatoms. The van der Waals surface area contributed by atoms with Gasteiger partial charge in [0.05, 0.1) is 11.7 Å². The Bertz CT molecular complexity index is 655. The van der Waals surface area contributed by atoms with Crippen molar-refractivity contribution in [1.82, 2.24) is 9.36 Å². The van der Waals surface area contributed by atoms with Gasteiger partial charge in [0, 0.05) is 24.0 Å². The second-order valence-corrected chi connectivity index (χ2v) is 6.00. The van der Waals surface area contributed by atoms with Crippen molar-refractivity contribution in [3.63, 3.8) is 0 Å². The number of nitrogens with one attached hydrogen (secondary N) is 1. The fraction of sp³-hybridized carbons (Fsp3) is 0.429. The topological polar surface area (TPSA) is 58.0 Å². The van der Waals surface area contributed by atoms with Gasteiger partial charge in [-0.05, 0) is 30.5 Å². The van der Waals surface area contributed by atoms with Crippen LogP contribution in [0.15, 0.2) is 24.3 Å². The summed E-state index contributed by atoms with van der Waals surface area (Å²) in [4.78, 5) is 4.30.